The third-order valence-electron chi connectivity index (χ3n) is 2.43. The lowest BCUT2D eigenvalue weighted by atomic mass is 10.1. The molecule has 2 rings (SSSR count). The van der Waals surface area contributed by atoms with Crippen LogP contribution in [-0.2, 0) is 6.42 Å². The van der Waals surface area contributed by atoms with Gasteiger partial charge in [0.25, 0.3) is 0 Å². The second-order valence-electron chi connectivity index (χ2n) is 3.80. The predicted molar refractivity (Wildman–Crippen MR) is 54.8 cm³/mol. The molecular weight excluding hydrogens is 200 g/mol. The van der Waals surface area contributed by atoms with Gasteiger partial charge in [-0.3, -0.25) is 0 Å². The maximum atomic E-state index is 10.7. The average Bonchev–Trinajstić information content (AvgIpc) is 2.87. The van der Waals surface area contributed by atoms with Gasteiger partial charge in [-0.05, 0) is 48.9 Å². The van der Waals surface area contributed by atoms with E-state index in [0.717, 1.165) is 17.9 Å². The molecule has 1 fully saturated rings. The quantitative estimate of drug-likeness (QED) is 0.833. The zero-order valence-corrected chi connectivity index (χ0v) is 8.42. The van der Waals surface area contributed by atoms with E-state index in [1.165, 1.54) is 18.9 Å². The van der Waals surface area contributed by atoms with Gasteiger partial charge in [0.2, 0.25) is 0 Å². The van der Waals surface area contributed by atoms with Crippen LogP contribution in [0.3, 0.4) is 0 Å². The van der Waals surface area contributed by atoms with Crippen LogP contribution in [-0.4, -0.2) is 11.1 Å². The number of hydrogen-bond acceptors (Lipinski definition) is 1. The molecule has 1 saturated carbocycles. The van der Waals surface area contributed by atoms with Crippen LogP contribution in [0.2, 0.25) is 5.02 Å². The smallest absolute Gasteiger partial charge is 0.335 e. The number of hydrogen-bond donors (Lipinski definition) is 1. The summed E-state index contributed by atoms with van der Waals surface area (Å²) in [7, 11) is 0. The SMILES string of the molecule is O=C(O)c1cc(Cl)cc(CC2CC2)c1. The molecule has 0 heterocycles. The van der Waals surface area contributed by atoms with Gasteiger partial charge in [-0.15, -0.1) is 0 Å². The lowest BCUT2D eigenvalue weighted by Crippen LogP contribution is -1.98. The molecule has 0 amide bonds. The summed E-state index contributed by atoms with van der Waals surface area (Å²) in [6.07, 6.45) is 3.48. The van der Waals surface area contributed by atoms with Crippen molar-refractivity contribution in [3.05, 3.63) is 34.3 Å². The number of benzene rings is 1. The molecule has 74 valence electrons. The lowest BCUT2D eigenvalue weighted by Gasteiger charge is -2.02. The number of aromatic carboxylic acids is 1. The molecule has 0 spiro atoms. The molecule has 0 saturated heterocycles. The zero-order valence-electron chi connectivity index (χ0n) is 7.66. The Kier molecular flexibility index (Phi) is 2.46. The van der Waals surface area contributed by atoms with Crippen molar-refractivity contribution in [2.75, 3.05) is 0 Å². The van der Waals surface area contributed by atoms with Crippen LogP contribution in [0.15, 0.2) is 18.2 Å². The minimum atomic E-state index is -0.912. The fraction of sp³-hybridized carbons (Fsp3) is 0.364. The maximum absolute atomic E-state index is 10.7. The summed E-state index contributed by atoms with van der Waals surface area (Å²) in [5, 5.41) is 9.34. The molecule has 0 aliphatic heterocycles. The van der Waals surface area contributed by atoms with Crippen molar-refractivity contribution in [1.82, 2.24) is 0 Å². The number of carboxylic acids is 1. The van der Waals surface area contributed by atoms with E-state index in [9.17, 15) is 4.79 Å². The first-order valence-corrected chi connectivity index (χ1v) is 5.06. The van der Waals surface area contributed by atoms with Gasteiger partial charge in [0.1, 0.15) is 0 Å². The largest absolute Gasteiger partial charge is 0.478 e. The molecular formula is C11H11ClO2. The van der Waals surface area contributed by atoms with Crippen molar-refractivity contribution < 1.29 is 9.90 Å². The standard InChI is InChI=1S/C11H11ClO2/c12-10-5-8(3-7-1-2-7)4-9(6-10)11(13)14/h4-7H,1-3H2,(H,13,14). The van der Waals surface area contributed by atoms with Crippen molar-refractivity contribution in [1.29, 1.82) is 0 Å². The van der Waals surface area contributed by atoms with Crippen molar-refractivity contribution in [2.45, 2.75) is 19.3 Å². The third kappa shape index (κ3) is 2.26. The minimum Gasteiger partial charge on any atom is -0.478 e. The molecule has 1 aromatic carbocycles. The topological polar surface area (TPSA) is 37.3 Å². The van der Waals surface area contributed by atoms with Crippen molar-refractivity contribution in [3.63, 3.8) is 0 Å². The third-order valence-corrected chi connectivity index (χ3v) is 2.64. The highest BCUT2D eigenvalue weighted by Gasteiger charge is 2.22. The first-order chi connectivity index (χ1) is 6.65. The maximum Gasteiger partial charge on any atom is 0.335 e. The summed E-state index contributed by atoms with van der Waals surface area (Å²) >= 11 is 5.83. The minimum absolute atomic E-state index is 0.285. The molecule has 14 heavy (non-hydrogen) atoms. The summed E-state index contributed by atoms with van der Waals surface area (Å²) in [6.45, 7) is 0. The molecule has 0 unspecified atom stereocenters. The van der Waals surface area contributed by atoms with Crippen LogP contribution in [0, 0.1) is 5.92 Å². The highest BCUT2D eigenvalue weighted by Crippen LogP contribution is 2.33. The Morgan fingerprint density at radius 2 is 2.14 bits per heavy atom. The Hall–Kier alpha value is -1.02. The van der Waals surface area contributed by atoms with Crippen molar-refractivity contribution >= 4 is 17.6 Å². The van der Waals surface area contributed by atoms with Crippen LogP contribution >= 0.6 is 11.6 Å². The van der Waals surface area contributed by atoms with Crippen LogP contribution in [0.25, 0.3) is 0 Å². The molecule has 0 aromatic heterocycles. The van der Waals surface area contributed by atoms with E-state index in [1.54, 1.807) is 6.07 Å². The van der Waals surface area contributed by atoms with Crippen LogP contribution < -0.4 is 0 Å². The van der Waals surface area contributed by atoms with E-state index in [2.05, 4.69) is 0 Å². The van der Waals surface area contributed by atoms with Crippen LogP contribution in [0.5, 0.6) is 0 Å². The van der Waals surface area contributed by atoms with Gasteiger partial charge in [0.15, 0.2) is 0 Å². The Bertz CT molecular complexity index is 370. The number of rotatable bonds is 3. The van der Waals surface area contributed by atoms with E-state index < -0.39 is 5.97 Å². The lowest BCUT2D eigenvalue weighted by molar-refractivity contribution is 0.0696. The van der Waals surface area contributed by atoms with Crippen molar-refractivity contribution in [3.8, 4) is 0 Å². The molecule has 3 heteroatoms. The first kappa shape index (κ1) is 9.53. The monoisotopic (exact) mass is 210 g/mol. The van der Waals surface area contributed by atoms with E-state index in [4.69, 9.17) is 16.7 Å². The molecule has 0 radical (unpaired) electrons. The first-order valence-electron chi connectivity index (χ1n) is 4.68. The Morgan fingerprint density at radius 3 is 2.71 bits per heavy atom. The van der Waals surface area contributed by atoms with Gasteiger partial charge < -0.3 is 5.11 Å². The van der Waals surface area contributed by atoms with E-state index in [-0.39, 0.29) is 5.56 Å². The Morgan fingerprint density at radius 1 is 1.43 bits per heavy atom. The predicted octanol–water partition coefficient (Wildman–Crippen LogP) is 2.99. The fourth-order valence-electron chi connectivity index (χ4n) is 1.55. The van der Waals surface area contributed by atoms with Gasteiger partial charge in [0, 0.05) is 5.02 Å². The fourth-order valence-corrected chi connectivity index (χ4v) is 1.80. The van der Waals surface area contributed by atoms with Crippen LogP contribution in [0.4, 0.5) is 0 Å². The number of carboxylic acid groups (broad SMARTS) is 1. The van der Waals surface area contributed by atoms with E-state index >= 15 is 0 Å². The zero-order chi connectivity index (χ0) is 10.1. The molecule has 1 aromatic rings. The molecule has 1 aliphatic carbocycles. The molecule has 1 N–H and O–H groups in total. The molecule has 2 nitrogen and oxygen atoms in total. The number of carbonyl (C=O) groups is 1. The Balaban J connectivity index is 2.25. The van der Waals surface area contributed by atoms with Crippen LogP contribution in [0.1, 0.15) is 28.8 Å². The summed E-state index contributed by atoms with van der Waals surface area (Å²) in [5.41, 5.74) is 1.32. The second kappa shape index (κ2) is 3.62. The van der Waals surface area contributed by atoms with Crippen molar-refractivity contribution in [2.24, 2.45) is 5.92 Å². The summed E-state index contributed by atoms with van der Waals surface area (Å²) in [5.74, 6) is -0.167. The van der Waals surface area contributed by atoms with Gasteiger partial charge in [-0.1, -0.05) is 11.6 Å². The van der Waals surface area contributed by atoms with Gasteiger partial charge in [-0.2, -0.15) is 0 Å². The van der Waals surface area contributed by atoms with Gasteiger partial charge >= 0.3 is 5.97 Å². The molecule has 0 atom stereocenters. The normalized spacial score (nSPS) is 15.5. The van der Waals surface area contributed by atoms with Gasteiger partial charge in [-0.25, -0.2) is 4.79 Å². The summed E-state index contributed by atoms with van der Waals surface area (Å²) < 4.78 is 0. The number of halogens is 1. The van der Waals surface area contributed by atoms with E-state index in [1.807, 2.05) is 6.07 Å². The Labute approximate surface area is 87.5 Å². The second-order valence-corrected chi connectivity index (χ2v) is 4.24. The summed E-state index contributed by atoms with van der Waals surface area (Å²) in [4.78, 5) is 10.7. The van der Waals surface area contributed by atoms with E-state index in [0.29, 0.717) is 5.02 Å². The van der Waals surface area contributed by atoms with Gasteiger partial charge in [0.05, 0.1) is 5.56 Å². The highest BCUT2D eigenvalue weighted by molar-refractivity contribution is 6.31. The highest BCUT2D eigenvalue weighted by atomic mass is 35.5. The average molecular weight is 211 g/mol. The molecule has 0 bridgehead atoms. The molecule has 1 aliphatic rings. The summed E-state index contributed by atoms with van der Waals surface area (Å²) in [6, 6.07) is 5.05.